The van der Waals surface area contributed by atoms with Crippen LogP contribution in [0.2, 0.25) is 0 Å². The van der Waals surface area contributed by atoms with Gasteiger partial charge in [0, 0.05) is 0 Å². The van der Waals surface area contributed by atoms with Crippen molar-refractivity contribution in [2.24, 2.45) is 5.92 Å². The summed E-state index contributed by atoms with van der Waals surface area (Å²) in [7, 11) is 0. The van der Waals surface area contributed by atoms with E-state index < -0.39 is 90.9 Å². The molecule has 0 saturated carbocycles. The molecule has 0 aromatic carbocycles. The summed E-state index contributed by atoms with van der Waals surface area (Å²) < 4.78 is 247. The second kappa shape index (κ2) is 9.97. The molecule has 0 fully saturated rings. The first kappa shape index (κ1) is 33.9. The van der Waals surface area contributed by atoms with Gasteiger partial charge in [-0.2, -0.15) is 74.6 Å². The van der Waals surface area contributed by atoms with Crippen molar-refractivity contribution in [1.82, 2.24) is 0 Å². The second-order valence-electron chi connectivity index (χ2n) is 6.87. The molecule has 0 aromatic rings. The van der Waals surface area contributed by atoms with E-state index in [0.717, 1.165) is 0 Å². The fraction of sp³-hybridized carbons (Fsp3) is 0.800. The molecular formula is C15H9F19O2. The molecule has 0 spiro atoms. The fourth-order valence-electron chi connectivity index (χ4n) is 2.43. The van der Waals surface area contributed by atoms with Crippen LogP contribution in [0.4, 0.5) is 83.4 Å². The monoisotopic (exact) mass is 582 g/mol. The Labute approximate surface area is 185 Å². The zero-order valence-electron chi connectivity index (χ0n) is 16.3. The predicted molar refractivity (Wildman–Crippen MR) is 76.0 cm³/mol. The lowest BCUT2D eigenvalue weighted by Gasteiger charge is -2.37. The van der Waals surface area contributed by atoms with Gasteiger partial charge in [-0.25, -0.2) is 13.6 Å². The number of hydrogen-bond acceptors (Lipinski definition) is 1. The standard InChI is InChI=1S/C15H9F19O2/c16-5(3-1-2-4(11(22,23)24)12(25,26)27)9(18,19)14(31,32)15(33,34)10(20,21)7(17)6(8(35)36)13(28,29)30/h4-5H,1-3H2,(H,35,36). The van der Waals surface area contributed by atoms with Crippen LogP contribution in [0.25, 0.3) is 0 Å². The molecule has 0 rings (SSSR count). The van der Waals surface area contributed by atoms with Crippen molar-refractivity contribution < 1.29 is 93.3 Å². The maximum absolute atomic E-state index is 13.6. The smallest absolute Gasteiger partial charge is 0.426 e. The van der Waals surface area contributed by atoms with Gasteiger partial charge in [-0.15, -0.1) is 0 Å². The van der Waals surface area contributed by atoms with Crippen LogP contribution >= 0.6 is 0 Å². The number of rotatable bonds is 10. The second-order valence-corrected chi connectivity index (χ2v) is 6.87. The average molecular weight is 582 g/mol. The van der Waals surface area contributed by atoms with E-state index in [4.69, 9.17) is 5.11 Å². The lowest BCUT2D eigenvalue weighted by molar-refractivity contribution is -0.370. The van der Waals surface area contributed by atoms with Gasteiger partial charge in [0.1, 0.15) is 0 Å². The zero-order valence-corrected chi connectivity index (χ0v) is 16.3. The number of carboxylic acid groups (broad SMARTS) is 1. The molecule has 1 N–H and O–H groups in total. The summed E-state index contributed by atoms with van der Waals surface area (Å²) in [6.45, 7) is 0. The number of aliphatic carboxylic acids is 1. The summed E-state index contributed by atoms with van der Waals surface area (Å²) in [5, 5.41) is 8.06. The number of carbonyl (C=O) groups is 1. The first-order chi connectivity index (χ1) is 15.5. The molecule has 21 heteroatoms. The minimum Gasteiger partial charge on any atom is -0.478 e. The highest BCUT2D eigenvalue weighted by Gasteiger charge is 2.84. The highest BCUT2D eigenvalue weighted by atomic mass is 19.4. The molecule has 0 radical (unpaired) electrons. The van der Waals surface area contributed by atoms with E-state index in [-0.39, 0.29) is 0 Å². The van der Waals surface area contributed by atoms with Crippen molar-refractivity contribution >= 4 is 5.97 Å². The van der Waals surface area contributed by atoms with Gasteiger partial charge < -0.3 is 5.11 Å². The number of hydrogen-bond donors (Lipinski definition) is 1. The fourth-order valence-corrected chi connectivity index (χ4v) is 2.43. The third-order valence-electron chi connectivity index (χ3n) is 4.33. The maximum atomic E-state index is 13.6. The lowest BCUT2D eigenvalue weighted by atomic mass is 9.91. The van der Waals surface area contributed by atoms with E-state index in [2.05, 4.69) is 0 Å². The van der Waals surface area contributed by atoms with Crippen molar-refractivity contribution in [3.8, 4) is 0 Å². The van der Waals surface area contributed by atoms with Crippen LogP contribution < -0.4 is 0 Å². The molecule has 0 bridgehead atoms. The predicted octanol–water partition coefficient (Wildman–Crippen LogP) is 7.65. The molecule has 214 valence electrons. The van der Waals surface area contributed by atoms with Gasteiger partial charge in [0.05, 0.1) is 0 Å². The van der Waals surface area contributed by atoms with Gasteiger partial charge in [-0.05, 0) is 19.3 Å². The highest BCUT2D eigenvalue weighted by Crippen LogP contribution is 2.57. The van der Waals surface area contributed by atoms with Gasteiger partial charge in [-0.3, -0.25) is 0 Å². The topological polar surface area (TPSA) is 37.3 Å². The lowest BCUT2D eigenvalue weighted by Crippen LogP contribution is -2.65. The molecule has 0 aromatic heterocycles. The van der Waals surface area contributed by atoms with E-state index in [1.807, 2.05) is 0 Å². The quantitative estimate of drug-likeness (QED) is 0.212. The average Bonchev–Trinajstić information content (AvgIpc) is 2.60. The van der Waals surface area contributed by atoms with E-state index in [1.165, 1.54) is 0 Å². The molecule has 0 heterocycles. The molecule has 0 amide bonds. The number of allylic oxidation sites excluding steroid dienone is 1. The van der Waals surface area contributed by atoms with Crippen molar-refractivity contribution in [3.05, 3.63) is 11.4 Å². The van der Waals surface area contributed by atoms with Crippen LogP contribution in [0.15, 0.2) is 11.4 Å². The molecule has 1 atom stereocenters. The third kappa shape index (κ3) is 6.41. The number of halogens is 19. The Morgan fingerprint density at radius 1 is 0.667 bits per heavy atom. The summed E-state index contributed by atoms with van der Waals surface area (Å²) in [6.07, 6.45) is -30.9. The summed E-state index contributed by atoms with van der Waals surface area (Å²) in [4.78, 5) is 10.3. The molecule has 0 aliphatic carbocycles. The number of alkyl halides is 18. The van der Waals surface area contributed by atoms with Crippen LogP contribution in [0.5, 0.6) is 0 Å². The Morgan fingerprint density at radius 3 is 1.36 bits per heavy atom. The van der Waals surface area contributed by atoms with Crippen LogP contribution in [-0.4, -0.2) is 59.5 Å². The highest BCUT2D eigenvalue weighted by molar-refractivity contribution is 5.89. The minimum atomic E-state index is -8.04. The SMILES string of the molecule is O=C(O)C(=C(F)C(F)(F)C(F)(F)C(F)(F)C(F)(F)C(F)CCCC(C(F)(F)F)C(F)(F)F)C(F)(F)F. The normalized spacial score (nSPS) is 16.8. The summed E-state index contributed by atoms with van der Waals surface area (Å²) in [5.74, 6) is -43.8. The molecule has 0 aliphatic heterocycles. The summed E-state index contributed by atoms with van der Waals surface area (Å²) in [6, 6.07) is 0. The minimum absolute atomic E-state index is 2.04. The van der Waals surface area contributed by atoms with Crippen LogP contribution in [0, 0.1) is 5.92 Å². The zero-order chi connectivity index (χ0) is 29.5. The molecular weight excluding hydrogens is 573 g/mol. The molecule has 36 heavy (non-hydrogen) atoms. The Balaban J connectivity index is 6.20. The Morgan fingerprint density at radius 2 is 1.06 bits per heavy atom. The van der Waals surface area contributed by atoms with Crippen LogP contribution in [0.1, 0.15) is 19.3 Å². The van der Waals surface area contributed by atoms with E-state index in [1.54, 1.807) is 0 Å². The largest absolute Gasteiger partial charge is 0.478 e. The third-order valence-corrected chi connectivity index (χ3v) is 4.33. The van der Waals surface area contributed by atoms with Crippen molar-refractivity contribution in [2.75, 3.05) is 0 Å². The van der Waals surface area contributed by atoms with Gasteiger partial charge in [0.15, 0.2) is 23.5 Å². The maximum Gasteiger partial charge on any atom is 0.426 e. The molecule has 0 aliphatic rings. The Hall–Kier alpha value is -2.12. The summed E-state index contributed by atoms with van der Waals surface area (Å²) in [5.41, 5.74) is -4.23. The van der Waals surface area contributed by atoms with Gasteiger partial charge in [0.2, 0.25) is 0 Å². The molecule has 0 saturated heterocycles. The van der Waals surface area contributed by atoms with Crippen molar-refractivity contribution in [1.29, 1.82) is 0 Å². The van der Waals surface area contributed by atoms with Gasteiger partial charge >= 0.3 is 48.2 Å². The molecule has 1 unspecified atom stereocenters. The Kier molecular flexibility index (Phi) is 9.39. The van der Waals surface area contributed by atoms with Gasteiger partial charge in [-0.1, -0.05) is 0 Å². The van der Waals surface area contributed by atoms with Crippen molar-refractivity contribution in [3.63, 3.8) is 0 Å². The van der Waals surface area contributed by atoms with E-state index >= 15 is 0 Å². The number of carboxylic acids is 1. The van der Waals surface area contributed by atoms with E-state index in [0.29, 0.717) is 0 Å². The Bertz CT molecular complexity index is 802. The van der Waals surface area contributed by atoms with E-state index in [9.17, 15) is 88.2 Å². The summed E-state index contributed by atoms with van der Waals surface area (Å²) >= 11 is 0. The van der Waals surface area contributed by atoms with Crippen molar-refractivity contribution in [2.45, 2.75) is 67.7 Å². The van der Waals surface area contributed by atoms with Crippen LogP contribution in [-0.2, 0) is 4.79 Å². The molecule has 2 nitrogen and oxygen atoms in total. The van der Waals surface area contributed by atoms with Gasteiger partial charge in [0.25, 0.3) is 0 Å². The first-order valence-electron chi connectivity index (χ1n) is 8.48. The first-order valence-corrected chi connectivity index (χ1v) is 8.48. The van der Waals surface area contributed by atoms with Crippen LogP contribution in [0.3, 0.4) is 0 Å².